The number of rotatable bonds is 6. The van der Waals surface area contributed by atoms with Crippen LogP contribution in [0.15, 0.2) is 17.1 Å². The minimum atomic E-state index is -5.35. The van der Waals surface area contributed by atoms with Gasteiger partial charge in [-0.2, -0.15) is 0 Å². The molecule has 0 aliphatic carbocycles. The maximum absolute atomic E-state index is 11.4. The summed E-state index contributed by atoms with van der Waals surface area (Å²) in [5, 5.41) is 19.9. The largest absolute Gasteiger partial charge is 1.00 e. The number of hydrogen-bond donors (Lipinski definition) is 3. The summed E-state index contributed by atoms with van der Waals surface area (Å²) in [5.74, 6) is -1.72. The quantitative estimate of drug-likeness (QED) is 0.197. The van der Waals surface area contributed by atoms with Crippen LogP contribution in [0.5, 0.6) is 0 Å². The van der Waals surface area contributed by atoms with Crippen molar-refractivity contribution in [1.29, 1.82) is 0 Å². The predicted molar refractivity (Wildman–Crippen MR) is 77.8 cm³/mol. The molecule has 1 aromatic heterocycles. The van der Waals surface area contributed by atoms with Crippen LogP contribution in [0.1, 0.15) is 6.23 Å². The SMILES string of the molecule is O=c1ccn([C@@H]2O[C@H](COP(=O)([O-])CP(=O)([O-])[O-])[C@H](O)C2O)c(=S)[nH]1.[Na+].[Na+].[Na+]. The summed E-state index contributed by atoms with van der Waals surface area (Å²) in [6, 6.07) is 1.09. The Hall–Kier alpha value is 2.28. The van der Waals surface area contributed by atoms with Gasteiger partial charge in [-0.25, -0.2) is 0 Å². The molecule has 142 valence electrons. The average molecular weight is 484 g/mol. The maximum atomic E-state index is 11.4. The molecule has 18 heteroatoms. The number of ether oxygens (including phenoxy) is 1. The molecule has 2 unspecified atom stereocenters. The fourth-order valence-electron chi connectivity index (χ4n) is 2.16. The molecule has 28 heavy (non-hydrogen) atoms. The van der Waals surface area contributed by atoms with E-state index in [0.29, 0.717) is 0 Å². The van der Waals surface area contributed by atoms with Gasteiger partial charge in [0.15, 0.2) is 11.0 Å². The van der Waals surface area contributed by atoms with Gasteiger partial charge in [0.2, 0.25) is 0 Å². The topological polar surface area (TPSA) is 200 Å². The molecular weight excluding hydrogens is 471 g/mol. The zero-order chi connectivity index (χ0) is 19.0. The molecule has 1 aliphatic rings. The van der Waals surface area contributed by atoms with Gasteiger partial charge in [-0.3, -0.25) is 14.3 Å². The van der Waals surface area contributed by atoms with E-state index in [1.165, 1.54) is 6.20 Å². The van der Waals surface area contributed by atoms with Crippen LogP contribution in [0.4, 0.5) is 0 Å². The molecule has 0 amide bonds. The predicted octanol–water partition coefficient (Wildman–Crippen LogP) is -12.0. The first kappa shape index (κ1) is 32.5. The van der Waals surface area contributed by atoms with Crippen LogP contribution in [-0.4, -0.2) is 50.6 Å². The first-order chi connectivity index (χ1) is 11.4. The fraction of sp³-hybridized carbons (Fsp3) is 0.600. The number of aliphatic hydroxyl groups excluding tert-OH is 2. The maximum Gasteiger partial charge on any atom is 1.00 e. The average Bonchev–Trinajstić information content (AvgIpc) is 2.71. The second-order valence-electron chi connectivity index (χ2n) is 5.22. The number of H-pyrrole nitrogens is 1. The molecule has 0 saturated carbocycles. The third kappa shape index (κ3) is 9.41. The van der Waals surface area contributed by atoms with E-state index < -0.39 is 57.8 Å². The van der Waals surface area contributed by atoms with Gasteiger partial charge in [-0.05, 0) is 12.2 Å². The van der Waals surface area contributed by atoms with Crippen molar-refractivity contribution in [3.8, 4) is 0 Å². The summed E-state index contributed by atoms with van der Waals surface area (Å²) >= 11 is 4.90. The molecule has 2 rings (SSSR count). The first-order valence-corrected chi connectivity index (χ1v) is 10.5. The minimum Gasteiger partial charge on any atom is -0.810 e. The fourth-order valence-corrected chi connectivity index (χ4v) is 4.83. The summed E-state index contributed by atoms with van der Waals surface area (Å²) in [6.45, 7) is -0.827. The van der Waals surface area contributed by atoms with E-state index in [4.69, 9.17) is 17.0 Å². The summed E-state index contributed by atoms with van der Waals surface area (Å²) in [6.07, 6.45) is -4.53. The monoisotopic (exact) mass is 484 g/mol. The third-order valence-corrected chi connectivity index (χ3v) is 6.87. The molecule has 0 aromatic carbocycles. The van der Waals surface area contributed by atoms with Crippen LogP contribution < -0.4 is 109 Å². The van der Waals surface area contributed by atoms with E-state index in [9.17, 15) is 38.8 Å². The smallest absolute Gasteiger partial charge is 0.810 e. The standard InChI is InChI=1S/C10H16N2O10P2S.3Na/c13-6-1-2-12(10(25)11-6)9-8(15)7(14)5(22-9)3-21-24(19,20)4-23(16,17)18;;;/h1-2,5,7-9,14-15H,3-4H2,(H,19,20)(H,11,13,25)(H2,16,17,18);;;/q;3*+1/p-3/t5-,7+,8?,9-;;;/m1.../s1. The van der Waals surface area contributed by atoms with Crippen molar-refractivity contribution in [3.63, 3.8) is 0 Å². The van der Waals surface area contributed by atoms with Crippen molar-refractivity contribution in [3.05, 3.63) is 27.4 Å². The number of aromatic amines is 1. The van der Waals surface area contributed by atoms with Crippen LogP contribution in [0.3, 0.4) is 0 Å². The second-order valence-corrected chi connectivity index (χ2v) is 9.44. The van der Waals surface area contributed by atoms with Gasteiger partial charge >= 0.3 is 88.7 Å². The molecule has 1 fully saturated rings. The van der Waals surface area contributed by atoms with Crippen molar-refractivity contribution >= 4 is 27.4 Å². The van der Waals surface area contributed by atoms with Gasteiger partial charge in [0.25, 0.3) is 5.56 Å². The molecule has 1 aliphatic heterocycles. The van der Waals surface area contributed by atoms with E-state index in [0.717, 1.165) is 10.6 Å². The van der Waals surface area contributed by atoms with Crippen LogP contribution in [-0.2, 0) is 18.4 Å². The molecule has 1 saturated heterocycles. The number of hydrogen-bond acceptors (Lipinski definition) is 11. The number of nitrogens with one attached hydrogen (secondary N) is 1. The van der Waals surface area contributed by atoms with Crippen molar-refractivity contribution < 1.29 is 132 Å². The molecule has 1 aromatic rings. The van der Waals surface area contributed by atoms with Gasteiger partial charge in [-0.15, -0.1) is 0 Å². The van der Waals surface area contributed by atoms with Crippen molar-refractivity contribution in [2.75, 3.05) is 12.5 Å². The third-order valence-electron chi connectivity index (χ3n) is 3.24. The Morgan fingerprint density at radius 1 is 1.21 bits per heavy atom. The molecule has 2 heterocycles. The van der Waals surface area contributed by atoms with E-state index in [2.05, 4.69) is 9.51 Å². The van der Waals surface area contributed by atoms with Gasteiger partial charge in [-0.1, -0.05) is 7.60 Å². The summed E-state index contributed by atoms with van der Waals surface area (Å²) in [5.41, 5.74) is -0.499. The molecule has 3 N–H and O–H groups in total. The first-order valence-electron chi connectivity index (χ1n) is 6.68. The Labute approximate surface area is 230 Å². The summed E-state index contributed by atoms with van der Waals surface area (Å²) in [4.78, 5) is 45.9. The Balaban J connectivity index is 0. The number of nitrogens with zero attached hydrogens (tertiary/aromatic N) is 1. The minimum absolute atomic E-state index is 0. The van der Waals surface area contributed by atoms with Crippen LogP contribution in [0, 0.1) is 4.77 Å². The zero-order valence-electron chi connectivity index (χ0n) is 15.3. The molecule has 0 bridgehead atoms. The number of aromatic nitrogens is 2. The Morgan fingerprint density at radius 3 is 2.29 bits per heavy atom. The molecule has 0 radical (unpaired) electrons. The summed E-state index contributed by atoms with van der Waals surface area (Å²) < 4.78 is 32.6. The van der Waals surface area contributed by atoms with Gasteiger partial charge in [0.1, 0.15) is 25.9 Å². The van der Waals surface area contributed by atoms with E-state index in [1.54, 1.807) is 0 Å². The second kappa shape index (κ2) is 13.1. The molecule has 12 nitrogen and oxygen atoms in total. The van der Waals surface area contributed by atoms with Crippen LogP contribution in [0.2, 0.25) is 0 Å². The van der Waals surface area contributed by atoms with E-state index >= 15 is 0 Å². The van der Waals surface area contributed by atoms with Crippen molar-refractivity contribution in [2.45, 2.75) is 24.5 Å². The van der Waals surface area contributed by atoms with Crippen LogP contribution >= 0.6 is 27.4 Å². The van der Waals surface area contributed by atoms with Gasteiger partial charge < -0.3 is 43.3 Å². The van der Waals surface area contributed by atoms with E-state index in [-0.39, 0.29) is 93.4 Å². The Kier molecular flexibility index (Phi) is 15.2. The van der Waals surface area contributed by atoms with Crippen LogP contribution in [0.25, 0.3) is 0 Å². The van der Waals surface area contributed by atoms with Gasteiger partial charge in [0, 0.05) is 18.2 Å². The normalized spacial score (nSPS) is 26.3. The van der Waals surface area contributed by atoms with Gasteiger partial charge in [0.05, 0.1) is 6.61 Å². The number of aliphatic hydroxyl groups is 2. The molecule has 0 spiro atoms. The van der Waals surface area contributed by atoms with E-state index in [1.807, 2.05) is 0 Å². The molecule has 5 atom stereocenters. The van der Waals surface area contributed by atoms with Crippen molar-refractivity contribution in [1.82, 2.24) is 9.55 Å². The molecular formula is C10H13N2Na3O10P2S. The van der Waals surface area contributed by atoms with Crippen molar-refractivity contribution in [2.24, 2.45) is 0 Å². The Bertz CT molecular complexity index is 847. The summed E-state index contributed by atoms with van der Waals surface area (Å²) in [7, 11) is -10.4. The Morgan fingerprint density at radius 2 is 1.79 bits per heavy atom. The zero-order valence-corrected chi connectivity index (χ0v) is 23.9.